The Balaban J connectivity index is 0.000000284. The van der Waals surface area contributed by atoms with Crippen LogP contribution < -0.4 is 9.64 Å². The molecule has 2 heterocycles. The third-order valence-electron chi connectivity index (χ3n) is 6.94. The Bertz CT molecular complexity index is 1400. The maximum Gasteiger partial charge on any atom is 0.138 e. The number of aliphatic hydroxyl groups excluding tert-OH is 2. The number of para-hydroxylation sites is 2. The van der Waals surface area contributed by atoms with Crippen LogP contribution >= 0.6 is 0 Å². The van der Waals surface area contributed by atoms with Gasteiger partial charge in [0.15, 0.2) is 0 Å². The summed E-state index contributed by atoms with van der Waals surface area (Å²) in [5, 5.41) is 19.5. The zero-order valence-electron chi connectivity index (χ0n) is 24.4. The van der Waals surface area contributed by atoms with Gasteiger partial charge in [-0.1, -0.05) is 71.4 Å². The van der Waals surface area contributed by atoms with E-state index < -0.39 is 12.2 Å². The molecule has 219 valence electrons. The van der Waals surface area contributed by atoms with E-state index in [4.69, 9.17) is 4.74 Å². The molecule has 5 nitrogen and oxygen atoms in total. The molecule has 2 unspecified atom stereocenters. The molecule has 2 atom stereocenters. The fourth-order valence-corrected chi connectivity index (χ4v) is 4.21. The Hall–Kier alpha value is -3.09. The fraction of sp³-hybridized carbons (Fsp3) is 0.324. The van der Waals surface area contributed by atoms with Crippen LogP contribution in [-0.2, 0) is 20.1 Å². The molecule has 0 amide bonds. The SMILES string of the molecule is CC(C)(C)C(O)CC(O)C(C)(C)C.Fc1ccc(N2c3ccccc3Oc3c(-c4ccccn4)[c-]ccc32)cc1.[Ir]. The number of rotatable bonds is 4. The summed E-state index contributed by atoms with van der Waals surface area (Å²) < 4.78 is 19.7. The van der Waals surface area contributed by atoms with Crippen LogP contribution in [0, 0.1) is 22.7 Å². The number of ether oxygens (including phenoxy) is 1. The third-order valence-corrected chi connectivity index (χ3v) is 6.94. The summed E-state index contributed by atoms with van der Waals surface area (Å²) in [5.41, 5.74) is 3.89. The predicted molar refractivity (Wildman–Crippen MR) is 159 cm³/mol. The van der Waals surface area contributed by atoms with Crippen LogP contribution in [-0.4, -0.2) is 27.4 Å². The average molecular weight is 734 g/mol. The standard InChI is InChI=1S/C23H14FN2O.C11H24O2.Ir/c24-16-11-13-17(14-12-16)26-20-8-1-2-10-22(20)27-23-18(6-5-9-21(23)26)19-7-3-4-15-25-19;1-10(2,3)8(12)7-9(13)11(4,5)6;/h1-5,7-15H;8-9,12-13H,7H2,1-6H3;/q-1;;. The molecular formula is C34H38FIrN2O3-. The van der Waals surface area contributed by atoms with E-state index in [0.717, 1.165) is 34.1 Å². The summed E-state index contributed by atoms with van der Waals surface area (Å²) >= 11 is 0. The maximum atomic E-state index is 13.5. The van der Waals surface area contributed by atoms with Crippen LogP contribution in [0.4, 0.5) is 21.5 Å². The zero-order chi connectivity index (χ0) is 29.1. The van der Waals surface area contributed by atoms with E-state index in [1.54, 1.807) is 18.3 Å². The molecule has 41 heavy (non-hydrogen) atoms. The number of nitrogens with zero attached hydrogens (tertiary/aromatic N) is 2. The third kappa shape index (κ3) is 7.81. The smallest absolute Gasteiger partial charge is 0.138 e. The van der Waals surface area contributed by atoms with Crippen molar-refractivity contribution in [1.82, 2.24) is 4.98 Å². The number of anilines is 3. The van der Waals surface area contributed by atoms with E-state index >= 15 is 0 Å². The Morgan fingerprint density at radius 1 is 0.829 bits per heavy atom. The fourth-order valence-electron chi connectivity index (χ4n) is 4.21. The van der Waals surface area contributed by atoms with Crippen molar-refractivity contribution in [1.29, 1.82) is 0 Å². The molecular weight excluding hydrogens is 696 g/mol. The van der Waals surface area contributed by atoms with Crippen molar-refractivity contribution in [3.63, 3.8) is 0 Å². The molecule has 1 aromatic heterocycles. The molecule has 5 rings (SSSR count). The molecule has 0 saturated carbocycles. The number of hydrogen-bond acceptors (Lipinski definition) is 5. The Kier molecular flexibility index (Phi) is 10.5. The van der Waals surface area contributed by atoms with Crippen molar-refractivity contribution in [3.8, 4) is 22.8 Å². The Morgan fingerprint density at radius 2 is 1.44 bits per heavy atom. The average Bonchev–Trinajstić information content (AvgIpc) is 2.92. The van der Waals surface area contributed by atoms with Gasteiger partial charge in [0.2, 0.25) is 0 Å². The first kappa shape index (κ1) is 32.4. The van der Waals surface area contributed by atoms with Crippen LogP contribution in [0.25, 0.3) is 11.3 Å². The molecule has 0 bridgehead atoms. The van der Waals surface area contributed by atoms with Gasteiger partial charge in [-0.15, -0.1) is 18.2 Å². The van der Waals surface area contributed by atoms with Gasteiger partial charge in [0.1, 0.15) is 11.6 Å². The number of hydrogen-bond donors (Lipinski definition) is 2. The Morgan fingerprint density at radius 3 is 2.02 bits per heavy atom. The molecule has 0 saturated heterocycles. The number of benzene rings is 3. The van der Waals surface area contributed by atoms with Gasteiger partial charge in [0, 0.05) is 44.1 Å². The second-order valence-corrected chi connectivity index (χ2v) is 12.2. The first-order valence-corrected chi connectivity index (χ1v) is 13.5. The van der Waals surface area contributed by atoms with E-state index in [0.29, 0.717) is 12.2 Å². The van der Waals surface area contributed by atoms with Crippen LogP contribution in [0.15, 0.2) is 85.1 Å². The Labute approximate surface area is 256 Å². The maximum absolute atomic E-state index is 13.5. The second kappa shape index (κ2) is 13.3. The van der Waals surface area contributed by atoms with Crippen molar-refractivity contribution in [2.24, 2.45) is 10.8 Å². The summed E-state index contributed by atoms with van der Waals surface area (Å²) in [6.45, 7) is 11.9. The summed E-state index contributed by atoms with van der Waals surface area (Å²) in [6, 6.07) is 27.0. The monoisotopic (exact) mass is 734 g/mol. The van der Waals surface area contributed by atoms with Gasteiger partial charge in [0.25, 0.3) is 0 Å². The molecule has 7 heteroatoms. The second-order valence-electron chi connectivity index (χ2n) is 12.2. The normalized spacial score (nSPS) is 13.8. The molecule has 2 N–H and O–H groups in total. The van der Waals surface area contributed by atoms with E-state index in [9.17, 15) is 14.6 Å². The van der Waals surface area contributed by atoms with Gasteiger partial charge < -0.3 is 24.8 Å². The van der Waals surface area contributed by atoms with Gasteiger partial charge in [0.05, 0.1) is 23.6 Å². The van der Waals surface area contributed by atoms with Crippen LogP contribution in [0.5, 0.6) is 11.5 Å². The predicted octanol–water partition coefficient (Wildman–Crippen LogP) is 8.45. The summed E-state index contributed by atoms with van der Waals surface area (Å²) in [6.07, 6.45) is 1.31. The van der Waals surface area contributed by atoms with E-state index in [-0.39, 0.29) is 36.8 Å². The summed E-state index contributed by atoms with van der Waals surface area (Å²) in [5.74, 6) is 1.14. The van der Waals surface area contributed by atoms with Gasteiger partial charge in [-0.05, 0) is 59.0 Å². The zero-order valence-corrected chi connectivity index (χ0v) is 26.7. The van der Waals surface area contributed by atoms with Crippen LogP contribution in [0.3, 0.4) is 0 Å². The molecule has 3 aromatic carbocycles. The minimum Gasteiger partial charge on any atom is -0.498 e. The first-order chi connectivity index (χ1) is 18.9. The number of aliphatic hydroxyl groups is 2. The molecule has 1 aliphatic heterocycles. The van der Waals surface area contributed by atoms with E-state index in [2.05, 4.69) is 16.0 Å². The van der Waals surface area contributed by atoms with Gasteiger partial charge >= 0.3 is 0 Å². The minimum atomic E-state index is -0.443. The van der Waals surface area contributed by atoms with Crippen molar-refractivity contribution in [2.45, 2.75) is 60.2 Å². The summed E-state index contributed by atoms with van der Waals surface area (Å²) in [7, 11) is 0. The molecule has 0 fully saturated rings. The largest absolute Gasteiger partial charge is 0.498 e. The topological polar surface area (TPSA) is 65.8 Å². The van der Waals surface area contributed by atoms with Gasteiger partial charge in [-0.3, -0.25) is 0 Å². The number of aromatic nitrogens is 1. The van der Waals surface area contributed by atoms with Crippen LogP contribution in [0.2, 0.25) is 0 Å². The van der Waals surface area contributed by atoms with E-state index in [1.165, 1.54) is 12.1 Å². The van der Waals surface area contributed by atoms with Gasteiger partial charge in [-0.2, -0.15) is 0 Å². The van der Waals surface area contributed by atoms with Crippen LogP contribution in [0.1, 0.15) is 48.0 Å². The van der Waals surface area contributed by atoms with E-state index in [1.807, 2.05) is 96.1 Å². The van der Waals surface area contributed by atoms with Gasteiger partial charge in [-0.25, -0.2) is 4.39 Å². The minimum absolute atomic E-state index is 0. The van der Waals surface area contributed by atoms with Crippen molar-refractivity contribution >= 4 is 17.1 Å². The molecule has 0 spiro atoms. The molecule has 4 aromatic rings. The number of halogens is 1. The quantitative estimate of drug-likeness (QED) is 0.182. The van der Waals surface area contributed by atoms with Crippen molar-refractivity contribution < 1.29 is 39.4 Å². The molecule has 1 radical (unpaired) electrons. The first-order valence-electron chi connectivity index (χ1n) is 13.5. The molecule has 0 aliphatic carbocycles. The number of fused-ring (bicyclic) bond motifs is 2. The van der Waals surface area contributed by atoms with Crippen molar-refractivity contribution in [2.75, 3.05) is 4.90 Å². The number of pyridine rings is 1. The van der Waals surface area contributed by atoms with Crippen molar-refractivity contribution in [3.05, 3.63) is 96.9 Å². The molecule has 1 aliphatic rings. The summed E-state index contributed by atoms with van der Waals surface area (Å²) in [4.78, 5) is 6.51.